The minimum atomic E-state index is -2.98. The molecule has 1 amide bonds. The average molecular weight is 383 g/mol. The number of carbonyl (C=O) groups is 1. The largest absolute Gasteiger partial charge is 0.357 e. The van der Waals surface area contributed by atoms with E-state index in [1.165, 1.54) is 6.26 Å². The third-order valence-electron chi connectivity index (χ3n) is 3.59. The lowest BCUT2D eigenvalue weighted by Crippen LogP contribution is -2.43. The van der Waals surface area contributed by atoms with Crippen LogP contribution in [-0.4, -0.2) is 51.4 Å². The summed E-state index contributed by atoms with van der Waals surface area (Å²) < 4.78 is 22.5. The Morgan fingerprint density at radius 2 is 1.88 bits per heavy atom. The zero-order chi connectivity index (χ0) is 19.4. The first-order valence-corrected chi connectivity index (χ1v) is 10.9. The van der Waals surface area contributed by atoms with E-state index < -0.39 is 9.84 Å². The summed E-state index contributed by atoms with van der Waals surface area (Å²) in [5.74, 6) is 0.658. The summed E-state index contributed by atoms with van der Waals surface area (Å²) in [5.41, 5.74) is 1.05. The van der Waals surface area contributed by atoms with Gasteiger partial charge in [-0.1, -0.05) is 30.3 Å². The van der Waals surface area contributed by atoms with Gasteiger partial charge in [-0.3, -0.25) is 9.79 Å². The second-order valence-electron chi connectivity index (χ2n) is 6.24. The second-order valence-corrected chi connectivity index (χ2v) is 8.50. The monoisotopic (exact) mass is 382 g/mol. The van der Waals surface area contributed by atoms with Crippen LogP contribution >= 0.6 is 0 Å². The molecule has 146 valence electrons. The molecular weight excluding hydrogens is 352 g/mol. The van der Waals surface area contributed by atoms with Gasteiger partial charge in [0.05, 0.1) is 12.3 Å². The molecule has 0 heterocycles. The zero-order valence-electron chi connectivity index (χ0n) is 15.8. The molecule has 1 aromatic carbocycles. The number of hydrogen-bond acceptors (Lipinski definition) is 4. The molecule has 0 saturated carbocycles. The van der Waals surface area contributed by atoms with E-state index in [1.807, 2.05) is 44.2 Å². The molecule has 3 N–H and O–H groups in total. The predicted molar refractivity (Wildman–Crippen MR) is 106 cm³/mol. The van der Waals surface area contributed by atoms with Crippen LogP contribution in [0, 0.1) is 0 Å². The Kier molecular flexibility index (Phi) is 9.72. The van der Waals surface area contributed by atoms with Crippen LogP contribution in [-0.2, 0) is 21.2 Å². The quantitative estimate of drug-likeness (QED) is 0.415. The van der Waals surface area contributed by atoms with E-state index in [0.717, 1.165) is 5.56 Å². The van der Waals surface area contributed by atoms with E-state index in [-0.39, 0.29) is 17.7 Å². The summed E-state index contributed by atoms with van der Waals surface area (Å²) in [7, 11) is -2.98. The number of rotatable bonds is 10. The highest BCUT2D eigenvalue weighted by atomic mass is 32.2. The average Bonchev–Trinajstić information content (AvgIpc) is 2.59. The third kappa shape index (κ3) is 10.7. The SMILES string of the molecule is CCNC(=NCCC(=O)NCc1ccccc1)NC(C)CCS(C)(=O)=O. The van der Waals surface area contributed by atoms with Crippen molar-refractivity contribution in [2.45, 2.75) is 39.3 Å². The van der Waals surface area contributed by atoms with Crippen molar-refractivity contribution in [1.29, 1.82) is 0 Å². The van der Waals surface area contributed by atoms with E-state index in [0.29, 0.717) is 38.4 Å². The number of nitrogens with one attached hydrogen (secondary N) is 3. The highest BCUT2D eigenvalue weighted by molar-refractivity contribution is 7.90. The van der Waals surface area contributed by atoms with Crippen LogP contribution in [0.2, 0.25) is 0 Å². The Hall–Kier alpha value is -2.09. The molecule has 0 aliphatic carbocycles. The minimum absolute atomic E-state index is 0.0329. The van der Waals surface area contributed by atoms with Gasteiger partial charge in [0, 0.05) is 31.8 Å². The van der Waals surface area contributed by atoms with Crippen LogP contribution in [0.4, 0.5) is 0 Å². The van der Waals surface area contributed by atoms with Crippen molar-refractivity contribution in [1.82, 2.24) is 16.0 Å². The number of nitrogens with zero attached hydrogens (tertiary/aromatic N) is 1. The molecule has 26 heavy (non-hydrogen) atoms. The summed E-state index contributed by atoms with van der Waals surface area (Å²) in [4.78, 5) is 16.3. The van der Waals surface area contributed by atoms with Gasteiger partial charge in [-0.15, -0.1) is 0 Å². The molecule has 0 aliphatic rings. The normalized spacial score (nSPS) is 13.1. The molecule has 1 atom stereocenters. The van der Waals surface area contributed by atoms with Crippen molar-refractivity contribution >= 4 is 21.7 Å². The van der Waals surface area contributed by atoms with Gasteiger partial charge in [0.25, 0.3) is 0 Å². The molecule has 0 radical (unpaired) electrons. The van der Waals surface area contributed by atoms with Crippen molar-refractivity contribution in [3.63, 3.8) is 0 Å². The fourth-order valence-electron chi connectivity index (χ4n) is 2.17. The third-order valence-corrected chi connectivity index (χ3v) is 4.57. The lowest BCUT2D eigenvalue weighted by molar-refractivity contribution is -0.121. The summed E-state index contributed by atoms with van der Waals surface area (Å²) in [6.07, 6.45) is 2.02. The van der Waals surface area contributed by atoms with Crippen molar-refractivity contribution < 1.29 is 13.2 Å². The second kappa shape index (κ2) is 11.5. The molecule has 1 unspecified atom stereocenters. The standard InChI is InChI=1S/C18H30N4O3S/c1-4-19-18(22-15(2)11-13-26(3,24)25)20-12-10-17(23)21-14-16-8-6-5-7-9-16/h5-9,15H,4,10-14H2,1-3H3,(H,21,23)(H2,19,20,22). The van der Waals surface area contributed by atoms with Crippen molar-refractivity contribution in [3.8, 4) is 0 Å². The van der Waals surface area contributed by atoms with Crippen LogP contribution in [0.5, 0.6) is 0 Å². The zero-order valence-corrected chi connectivity index (χ0v) is 16.6. The smallest absolute Gasteiger partial charge is 0.222 e. The van der Waals surface area contributed by atoms with Gasteiger partial charge in [-0.25, -0.2) is 8.42 Å². The number of carbonyl (C=O) groups excluding carboxylic acids is 1. The van der Waals surface area contributed by atoms with Gasteiger partial charge in [0.1, 0.15) is 9.84 Å². The Balaban J connectivity index is 2.38. The molecule has 0 fully saturated rings. The molecule has 0 saturated heterocycles. The van der Waals surface area contributed by atoms with E-state index in [1.54, 1.807) is 0 Å². The van der Waals surface area contributed by atoms with Crippen LogP contribution in [0.15, 0.2) is 35.3 Å². The maximum atomic E-state index is 11.9. The number of amides is 1. The molecule has 0 aromatic heterocycles. The molecule has 0 bridgehead atoms. The Labute approximate surface area is 156 Å². The topological polar surface area (TPSA) is 99.7 Å². The summed E-state index contributed by atoms with van der Waals surface area (Å²) >= 11 is 0. The number of hydrogen-bond donors (Lipinski definition) is 3. The van der Waals surface area contributed by atoms with Gasteiger partial charge < -0.3 is 16.0 Å². The van der Waals surface area contributed by atoms with Crippen LogP contribution < -0.4 is 16.0 Å². The first-order chi connectivity index (χ1) is 12.3. The fraction of sp³-hybridized carbons (Fsp3) is 0.556. The molecule has 7 nitrogen and oxygen atoms in total. The van der Waals surface area contributed by atoms with Crippen molar-refractivity contribution in [2.75, 3.05) is 25.1 Å². The molecule has 0 spiro atoms. The van der Waals surface area contributed by atoms with Crippen LogP contribution in [0.3, 0.4) is 0 Å². The maximum absolute atomic E-state index is 11.9. The van der Waals surface area contributed by atoms with E-state index in [9.17, 15) is 13.2 Å². The van der Waals surface area contributed by atoms with E-state index in [2.05, 4.69) is 20.9 Å². The molecule has 1 rings (SSSR count). The fourth-order valence-corrected chi connectivity index (χ4v) is 2.95. The Morgan fingerprint density at radius 1 is 1.19 bits per heavy atom. The summed E-state index contributed by atoms with van der Waals surface area (Å²) in [5, 5.41) is 9.13. The van der Waals surface area contributed by atoms with Crippen LogP contribution in [0.25, 0.3) is 0 Å². The number of aliphatic imine (C=N–C) groups is 1. The molecule has 0 aliphatic heterocycles. The highest BCUT2D eigenvalue weighted by Gasteiger charge is 2.09. The van der Waals surface area contributed by atoms with Gasteiger partial charge in [0.2, 0.25) is 5.91 Å². The molecule has 8 heteroatoms. The van der Waals surface area contributed by atoms with Gasteiger partial charge >= 0.3 is 0 Å². The van der Waals surface area contributed by atoms with E-state index in [4.69, 9.17) is 0 Å². The molecule has 1 aromatic rings. The van der Waals surface area contributed by atoms with Gasteiger partial charge in [-0.05, 0) is 25.8 Å². The number of sulfone groups is 1. The van der Waals surface area contributed by atoms with Crippen LogP contribution in [0.1, 0.15) is 32.3 Å². The number of benzene rings is 1. The first-order valence-electron chi connectivity index (χ1n) is 8.83. The highest BCUT2D eigenvalue weighted by Crippen LogP contribution is 1.98. The Morgan fingerprint density at radius 3 is 2.50 bits per heavy atom. The molecular formula is C18H30N4O3S. The van der Waals surface area contributed by atoms with Gasteiger partial charge in [0.15, 0.2) is 5.96 Å². The van der Waals surface area contributed by atoms with Gasteiger partial charge in [-0.2, -0.15) is 0 Å². The van der Waals surface area contributed by atoms with Crippen molar-refractivity contribution in [2.24, 2.45) is 4.99 Å². The summed E-state index contributed by atoms with van der Waals surface area (Å²) in [6, 6.07) is 9.70. The number of guanidine groups is 1. The van der Waals surface area contributed by atoms with Crippen molar-refractivity contribution in [3.05, 3.63) is 35.9 Å². The van der Waals surface area contributed by atoms with E-state index >= 15 is 0 Å². The summed E-state index contributed by atoms with van der Waals surface area (Å²) in [6.45, 7) is 5.40. The first kappa shape index (κ1) is 22.0. The maximum Gasteiger partial charge on any atom is 0.222 e. The lowest BCUT2D eigenvalue weighted by atomic mass is 10.2. The predicted octanol–water partition coefficient (Wildman–Crippen LogP) is 1.07. The Bertz CT molecular complexity index is 675. The lowest BCUT2D eigenvalue weighted by Gasteiger charge is -2.17. The minimum Gasteiger partial charge on any atom is -0.357 e.